The number of aromatic nitrogens is 1. The van der Waals surface area contributed by atoms with Crippen LogP contribution in [0.25, 0.3) is 0 Å². The van der Waals surface area contributed by atoms with Crippen molar-refractivity contribution in [3.05, 3.63) is 33.8 Å². The maximum atomic E-state index is 13.3. The summed E-state index contributed by atoms with van der Waals surface area (Å²) in [4.78, 5) is 72.7. The number of aromatic hydroxyl groups is 2. The topological polar surface area (TPSA) is 287 Å². The number of ether oxygens (including phenoxy) is 1. The minimum Gasteiger partial charge on any atom is -0.504 e. The number of oxime groups is 1. The quantitative estimate of drug-likeness (QED) is 0.0593. The molecule has 2 aromatic rings. The van der Waals surface area contributed by atoms with E-state index in [0.29, 0.717) is 0 Å². The Morgan fingerprint density at radius 2 is 1.98 bits per heavy atom. The highest BCUT2D eigenvalue weighted by molar-refractivity contribution is 8.02. The summed E-state index contributed by atoms with van der Waals surface area (Å²) in [5, 5.41) is 58.6. The van der Waals surface area contributed by atoms with Gasteiger partial charge in [-0.1, -0.05) is 28.5 Å². The van der Waals surface area contributed by atoms with E-state index in [1.54, 1.807) is 0 Å². The number of nitrogens with zero attached hydrogens (tertiary/aromatic N) is 4. The fourth-order valence-corrected chi connectivity index (χ4v) is 7.33. The molecule has 22 heteroatoms. The molecule has 3 fully saturated rings. The SMILES string of the molecule is CC(C)(O/N=C(\C(=O)NC1C(=O)N2C[C@@](C(=O)O)(N3CC(CNC(=O)c4ccc(O)c(O)c4Cl)OC3O)S[C@H]12)c1csc(N)n1)C(=O)O. The number of carboxylic acid groups (broad SMARTS) is 2. The van der Waals surface area contributed by atoms with Gasteiger partial charge in [0.05, 0.1) is 23.2 Å². The molecule has 3 amide bonds. The monoisotopic (exact) mass is 729 g/mol. The van der Waals surface area contributed by atoms with Crippen molar-refractivity contribution in [1.82, 2.24) is 25.4 Å². The van der Waals surface area contributed by atoms with Crippen LogP contribution in [0.2, 0.25) is 5.02 Å². The third kappa shape index (κ3) is 6.26. The second-order valence-electron chi connectivity index (χ2n) is 11.2. The van der Waals surface area contributed by atoms with E-state index >= 15 is 0 Å². The van der Waals surface area contributed by atoms with Crippen LogP contribution in [-0.4, -0.2) is 130 Å². The van der Waals surface area contributed by atoms with Gasteiger partial charge in [0.2, 0.25) is 17.9 Å². The molecule has 5 rings (SSSR count). The van der Waals surface area contributed by atoms with Gasteiger partial charge in [0.15, 0.2) is 27.2 Å². The van der Waals surface area contributed by atoms with Crippen LogP contribution in [0.1, 0.15) is 29.9 Å². The summed E-state index contributed by atoms with van der Waals surface area (Å²) in [6.45, 7) is 1.57. The Morgan fingerprint density at radius 1 is 1.27 bits per heavy atom. The molecule has 0 aliphatic carbocycles. The number of anilines is 1. The smallest absolute Gasteiger partial charge is 0.350 e. The zero-order valence-corrected chi connectivity index (χ0v) is 27.2. The van der Waals surface area contributed by atoms with Crippen molar-refractivity contribution in [2.45, 2.75) is 48.3 Å². The van der Waals surface area contributed by atoms with Gasteiger partial charge in [-0.25, -0.2) is 19.5 Å². The number of aliphatic hydroxyl groups excluding tert-OH is 1. The predicted molar refractivity (Wildman–Crippen MR) is 166 cm³/mol. The lowest BCUT2D eigenvalue weighted by Gasteiger charge is -2.41. The summed E-state index contributed by atoms with van der Waals surface area (Å²) in [7, 11) is 0. The van der Waals surface area contributed by atoms with Crippen molar-refractivity contribution in [1.29, 1.82) is 0 Å². The summed E-state index contributed by atoms with van der Waals surface area (Å²) in [5.41, 5.74) is 3.15. The number of rotatable bonds is 11. The predicted octanol–water partition coefficient (Wildman–Crippen LogP) is -1.04. The van der Waals surface area contributed by atoms with Crippen LogP contribution in [0.4, 0.5) is 5.13 Å². The van der Waals surface area contributed by atoms with E-state index in [4.69, 9.17) is 26.9 Å². The number of nitrogens with two attached hydrogens (primary N) is 1. The summed E-state index contributed by atoms with van der Waals surface area (Å²) >= 11 is 7.68. The van der Waals surface area contributed by atoms with Gasteiger partial charge in [0.1, 0.15) is 17.1 Å². The van der Waals surface area contributed by atoms with E-state index in [1.807, 2.05) is 0 Å². The lowest BCUT2D eigenvalue weighted by Crippen LogP contribution is -2.68. The largest absolute Gasteiger partial charge is 0.504 e. The number of carbonyl (C=O) groups excluding carboxylic acids is 3. The van der Waals surface area contributed by atoms with Crippen LogP contribution >= 0.6 is 34.7 Å². The van der Waals surface area contributed by atoms with Gasteiger partial charge in [-0.3, -0.25) is 14.4 Å². The molecule has 0 spiro atoms. The average Bonchev–Trinajstić information content (AvgIpc) is 3.73. The van der Waals surface area contributed by atoms with Crippen molar-refractivity contribution in [2.75, 3.05) is 25.4 Å². The van der Waals surface area contributed by atoms with E-state index in [0.717, 1.165) is 34.1 Å². The van der Waals surface area contributed by atoms with Crippen LogP contribution in [0.5, 0.6) is 11.5 Å². The summed E-state index contributed by atoms with van der Waals surface area (Å²) in [6, 6.07) is 0.998. The zero-order valence-electron chi connectivity index (χ0n) is 24.8. The maximum Gasteiger partial charge on any atom is 0.350 e. The highest BCUT2D eigenvalue weighted by atomic mass is 35.5. The van der Waals surface area contributed by atoms with Gasteiger partial charge in [-0.05, 0) is 26.0 Å². The Balaban J connectivity index is 1.28. The van der Waals surface area contributed by atoms with E-state index in [9.17, 15) is 49.5 Å². The minimum atomic E-state index is -1.93. The number of nitrogen functional groups attached to an aromatic ring is 1. The highest BCUT2D eigenvalue weighted by Gasteiger charge is 2.66. The second-order valence-corrected chi connectivity index (χ2v) is 13.8. The van der Waals surface area contributed by atoms with Gasteiger partial charge in [-0.15, -0.1) is 11.3 Å². The Hall–Kier alpha value is -4.41. The number of hydrogen-bond acceptors (Lipinski definition) is 16. The molecule has 3 aliphatic rings. The Morgan fingerprint density at radius 3 is 2.60 bits per heavy atom. The maximum absolute atomic E-state index is 13.3. The van der Waals surface area contributed by atoms with Gasteiger partial charge in [0.25, 0.3) is 11.8 Å². The third-order valence-corrected chi connectivity index (χ3v) is 10.4. The van der Waals surface area contributed by atoms with Crippen molar-refractivity contribution < 1.29 is 59.1 Å². The molecule has 0 bridgehead atoms. The number of benzene rings is 1. The number of aliphatic hydroxyl groups is 1. The van der Waals surface area contributed by atoms with Gasteiger partial charge >= 0.3 is 11.9 Å². The van der Waals surface area contributed by atoms with Crippen LogP contribution in [0.3, 0.4) is 0 Å². The number of hydrogen-bond donors (Lipinski definition) is 8. The number of fused-ring (bicyclic) bond motifs is 1. The third-order valence-electron chi connectivity index (χ3n) is 7.60. The number of phenolic OH excluding ortho intramolecular Hbond substituents is 2. The molecule has 1 aromatic heterocycles. The first kappa shape index (κ1) is 34.9. The van der Waals surface area contributed by atoms with Gasteiger partial charge in [-0.2, -0.15) is 0 Å². The van der Waals surface area contributed by atoms with Gasteiger partial charge < -0.3 is 56.4 Å². The van der Waals surface area contributed by atoms with Crippen molar-refractivity contribution in [3.8, 4) is 11.5 Å². The van der Waals surface area contributed by atoms with Crippen LogP contribution in [-0.2, 0) is 28.8 Å². The second kappa shape index (κ2) is 12.9. The number of β-lactam (4-membered cyclic amide) rings is 1. The number of thiazole rings is 1. The van der Waals surface area contributed by atoms with Crippen LogP contribution in [0, 0.1) is 0 Å². The lowest BCUT2D eigenvalue weighted by atomic mass is 10.0. The molecule has 0 saturated carbocycles. The molecule has 4 heterocycles. The highest BCUT2D eigenvalue weighted by Crippen LogP contribution is 2.50. The van der Waals surface area contributed by atoms with E-state index in [1.165, 1.54) is 30.2 Å². The standard InChI is InChI=1S/C26H28ClN7O12S2/c1-25(2,21(40)41)46-32-14(11-7-47-23(28)30-11)18(38)31-15-19(39)33-8-26(22(42)43,48-20(15)33)34-6-9(45-24(34)44)5-29-17(37)10-3-4-12(35)16(36)13(10)27/h3-4,7,9,15,20,24,35-36,44H,5-6,8H2,1-2H3,(H2,28,30)(H,29,37)(H,31,38)(H,40,41)(H,42,43)/b32-14-/t9?,15?,20-,24?,26-/m1/s1. The zero-order chi connectivity index (χ0) is 35.3. The first-order chi connectivity index (χ1) is 22.5. The average molecular weight is 730 g/mol. The molecule has 3 unspecified atom stereocenters. The fraction of sp³-hybridized carbons (Fsp3) is 0.423. The molecule has 0 radical (unpaired) electrons. The van der Waals surface area contributed by atoms with Gasteiger partial charge in [0, 0.05) is 18.5 Å². The fourth-order valence-electron chi connectivity index (χ4n) is 4.90. The number of aliphatic carboxylic acids is 2. The molecule has 3 saturated heterocycles. The van der Waals surface area contributed by atoms with E-state index < -0.39 is 92.8 Å². The summed E-state index contributed by atoms with van der Waals surface area (Å²) in [6.07, 6.45) is -2.69. The van der Waals surface area contributed by atoms with Crippen LogP contribution < -0.4 is 16.4 Å². The number of halogens is 1. The van der Waals surface area contributed by atoms with E-state index in [-0.39, 0.29) is 29.5 Å². The number of carbonyl (C=O) groups is 5. The molecule has 5 atom stereocenters. The number of carboxylic acids is 2. The van der Waals surface area contributed by atoms with Crippen LogP contribution in [0.15, 0.2) is 22.7 Å². The van der Waals surface area contributed by atoms with Crippen molar-refractivity contribution in [3.63, 3.8) is 0 Å². The Kier molecular flexibility index (Phi) is 9.38. The first-order valence-corrected chi connectivity index (χ1v) is 15.9. The number of amides is 3. The Labute approximate surface area is 283 Å². The number of phenols is 2. The van der Waals surface area contributed by atoms with E-state index in [2.05, 4.69) is 20.8 Å². The first-order valence-electron chi connectivity index (χ1n) is 13.8. The summed E-state index contributed by atoms with van der Waals surface area (Å²) < 4.78 is 5.49. The molecule has 258 valence electrons. The molecular weight excluding hydrogens is 702 g/mol. The van der Waals surface area contributed by atoms with Crippen molar-refractivity contribution >= 4 is 75.2 Å². The normalized spacial score (nSPS) is 25.7. The lowest BCUT2D eigenvalue weighted by molar-refractivity contribution is -0.180. The molecule has 3 aliphatic heterocycles. The molecule has 19 nitrogen and oxygen atoms in total. The number of thioether (sulfide) groups is 1. The van der Waals surface area contributed by atoms with Crippen molar-refractivity contribution in [2.24, 2.45) is 5.16 Å². The molecular formula is C26H28ClN7O12S2. The summed E-state index contributed by atoms with van der Waals surface area (Å²) in [5.74, 6) is -6.37. The Bertz CT molecular complexity index is 1720. The molecule has 48 heavy (non-hydrogen) atoms. The molecule has 9 N–H and O–H groups in total. The minimum absolute atomic E-state index is 0.0567. The molecule has 1 aromatic carbocycles. The number of nitrogens with one attached hydrogen (secondary N) is 2.